The lowest BCUT2D eigenvalue weighted by atomic mass is 10.2. The first kappa shape index (κ1) is 16.8. The molecule has 2 aromatic rings. The van der Waals surface area contributed by atoms with Crippen molar-refractivity contribution in [3.8, 4) is 11.4 Å². The van der Waals surface area contributed by atoms with E-state index in [0.717, 1.165) is 24.8 Å². The molecule has 1 fully saturated rings. The van der Waals surface area contributed by atoms with Crippen LogP contribution in [0.4, 0.5) is 4.79 Å². The lowest BCUT2D eigenvalue weighted by Gasteiger charge is -2.24. The average molecular weight is 349 g/mol. The van der Waals surface area contributed by atoms with Gasteiger partial charge in [0.2, 0.25) is 11.7 Å². The number of nitrogens with one attached hydrogen (secondary N) is 1. The molecule has 1 aromatic heterocycles. The molecule has 2 atom stereocenters. The van der Waals surface area contributed by atoms with Gasteiger partial charge in [-0.25, -0.2) is 4.79 Å². The second kappa shape index (κ2) is 7.21. The van der Waals surface area contributed by atoms with Gasteiger partial charge in [0.05, 0.1) is 0 Å². The highest BCUT2D eigenvalue weighted by Gasteiger charge is 2.34. The van der Waals surface area contributed by atoms with Crippen molar-refractivity contribution in [2.75, 3.05) is 6.54 Å². The summed E-state index contributed by atoms with van der Waals surface area (Å²) in [6, 6.07) is 7.20. The van der Waals surface area contributed by atoms with Gasteiger partial charge in [-0.3, -0.25) is 0 Å². The first-order chi connectivity index (χ1) is 11.6. The van der Waals surface area contributed by atoms with Gasteiger partial charge in [0.1, 0.15) is 6.04 Å². The predicted octanol–water partition coefficient (Wildman–Crippen LogP) is 4.04. The molecule has 3 rings (SSSR count). The Morgan fingerprint density at radius 2 is 2.38 bits per heavy atom. The fraction of sp³-hybridized carbons (Fsp3) is 0.471. The normalized spacial score (nSPS) is 18.6. The largest absolute Gasteiger partial charge is 0.337 e. The quantitative estimate of drug-likeness (QED) is 0.905. The number of urea groups is 1. The number of aromatic nitrogens is 2. The molecule has 0 spiro atoms. The molecule has 0 radical (unpaired) electrons. The van der Waals surface area contributed by atoms with E-state index in [-0.39, 0.29) is 18.1 Å². The maximum absolute atomic E-state index is 12.4. The highest BCUT2D eigenvalue weighted by molar-refractivity contribution is 6.30. The van der Waals surface area contributed by atoms with E-state index in [2.05, 4.69) is 15.5 Å². The third-order valence-corrected chi connectivity index (χ3v) is 4.54. The molecule has 2 amide bonds. The summed E-state index contributed by atoms with van der Waals surface area (Å²) in [4.78, 5) is 18.7. The smallest absolute Gasteiger partial charge is 0.318 e. The van der Waals surface area contributed by atoms with Crippen molar-refractivity contribution in [3.05, 3.63) is 35.2 Å². The molecular formula is C17H21ClN4O2. The van der Waals surface area contributed by atoms with E-state index in [9.17, 15) is 4.79 Å². The van der Waals surface area contributed by atoms with Crippen LogP contribution >= 0.6 is 11.6 Å². The number of hydrogen-bond acceptors (Lipinski definition) is 4. The molecule has 2 heterocycles. The number of rotatable bonds is 4. The van der Waals surface area contributed by atoms with Crippen LogP contribution in [-0.2, 0) is 0 Å². The van der Waals surface area contributed by atoms with Gasteiger partial charge in [0.25, 0.3) is 0 Å². The van der Waals surface area contributed by atoms with Gasteiger partial charge in [0.15, 0.2) is 0 Å². The van der Waals surface area contributed by atoms with Crippen LogP contribution < -0.4 is 5.32 Å². The average Bonchev–Trinajstić information content (AvgIpc) is 3.23. The number of carbonyl (C=O) groups excluding carboxylic acids is 1. The number of hydrogen-bond donors (Lipinski definition) is 1. The van der Waals surface area contributed by atoms with Crippen molar-refractivity contribution in [1.82, 2.24) is 20.4 Å². The minimum Gasteiger partial charge on any atom is -0.337 e. The van der Waals surface area contributed by atoms with Crippen LogP contribution in [0.3, 0.4) is 0 Å². The van der Waals surface area contributed by atoms with E-state index in [0.29, 0.717) is 23.3 Å². The number of likely N-dealkylation sites (tertiary alicyclic amines) is 1. The Morgan fingerprint density at radius 3 is 3.12 bits per heavy atom. The van der Waals surface area contributed by atoms with Gasteiger partial charge >= 0.3 is 6.03 Å². The molecule has 24 heavy (non-hydrogen) atoms. The molecule has 0 aliphatic carbocycles. The van der Waals surface area contributed by atoms with Gasteiger partial charge in [-0.2, -0.15) is 4.98 Å². The third kappa shape index (κ3) is 3.53. The fourth-order valence-electron chi connectivity index (χ4n) is 2.78. The number of benzene rings is 1. The summed E-state index contributed by atoms with van der Waals surface area (Å²) < 4.78 is 5.43. The van der Waals surface area contributed by atoms with Crippen LogP contribution in [0.25, 0.3) is 11.4 Å². The van der Waals surface area contributed by atoms with E-state index in [1.54, 1.807) is 17.0 Å². The fourth-order valence-corrected chi connectivity index (χ4v) is 2.97. The lowest BCUT2D eigenvalue weighted by molar-refractivity contribution is 0.177. The lowest BCUT2D eigenvalue weighted by Crippen LogP contribution is -2.43. The minimum absolute atomic E-state index is 0.0747. The van der Waals surface area contributed by atoms with Crippen molar-refractivity contribution in [3.63, 3.8) is 0 Å². The van der Waals surface area contributed by atoms with Crippen LogP contribution in [0.5, 0.6) is 0 Å². The SMILES string of the molecule is CC[C@H](C)NC(=O)N1CCC[C@H]1c1nc(-c2cccc(Cl)c2)no1. The molecule has 7 heteroatoms. The summed E-state index contributed by atoms with van der Waals surface area (Å²) in [7, 11) is 0. The van der Waals surface area contributed by atoms with Crippen molar-refractivity contribution in [2.45, 2.75) is 45.2 Å². The third-order valence-electron chi connectivity index (χ3n) is 4.31. The zero-order valence-electron chi connectivity index (χ0n) is 13.8. The maximum atomic E-state index is 12.4. The first-order valence-corrected chi connectivity index (χ1v) is 8.63. The van der Waals surface area contributed by atoms with E-state index < -0.39 is 0 Å². The zero-order chi connectivity index (χ0) is 17.1. The second-order valence-electron chi connectivity index (χ2n) is 6.08. The number of halogens is 1. The predicted molar refractivity (Wildman–Crippen MR) is 91.7 cm³/mol. The highest BCUT2D eigenvalue weighted by atomic mass is 35.5. The van der Waals surface area contributed by atoms with Gasteiger partial charge in [0, 0.05) is 23.2 Å². The molecule has 1 N–H and O–H groups in total. The Hall–Kier alpha value is -2.08. The Balaban J connectivity index is 1.77. The number of nitrogens with zero attached hydrogens (tertiary/aromatic N) is 3. The summed E-state index contributed by atoms with van der Waals surface area (Å²) in [6.07, 6.45) is 2.64. The summed E-state index contributed by atoms with van der Waals surface area (Å²) in [5.74, 6) is 0.962. The first-order valence-electron chi connectivity index (χ1n) is 8.25. The van der Waals surface area contributed by atoms with E-state index in [4.69, 9.17) is 16.1 Å². The van der Waals surface area contributed by atoms with Crippen LogP contribution in [0.1, 0.15) is 45.0 Å². The van der Waals surface area contributed by atoms with E-state index >= 15 is 0 Å². The van der Waals surface area contributed by atoms with Crippen molar-refractivity contribution < 1.29 is 9.32 Å². The molecule has 0 saturated carbocycles. The summed E-state index contributed by atoms with van der Waals surface area (Å²) in [6.45, 7) is 4.73. The van der Waals surface area contributed by atoms with Gasteiger partial charge in [-0.05, 0) is 38.3 Å². The van der Waals surface area contributed by atoms with Crippen LogP contribution in [-0.4, -0.2) is 33.7 Å². The Morgan fingerprint density at radius 1 is 1.54 bits per heavy atom. The highest BCUT2D eigenvalue weighted by Crippen LogP contribution is 2.32. The van der Waals surface area contributed by atoms with Crippen LogP contribution in [0, 0.1) is 0 Å². The van der Waals surface area contributed by atoms with Crippen molar-refractivity contribution in [1.29, 1.82) is 0 Å². The minimum atomic E-state index is -0.172. The maximum Gasteiger partial charge on any atom is 0.318 e. The molecule has 1 aromatic carbocycles. The standard InChI is InChI=1S/C17H21ClN4O2/c1-3-11(2)19-17(23)22-9-5-8-14(22)16-20-15(21-24-16)12-6-4-7-13(18)10-12/h4,6-7,10-11,14H,3,5,8-9H2,1-2H3,(H,19,23)/t11-,14-/m0/s1. The van der Waals surface area contributed by atoms with Crippen molar-refractivity contribution in [2.24, 2.45) is 0 Å². The summed E-state index contributed by atoms with van der Waals surface area (Å²) in [5, 5.41) is 7.66. The number of carbonyl (C=O) groups is 1. The van der Waals surface area contributed by atoms with Gasteiger partial charge < -0.3 is 14.7 Å². The molecule has 1 aliphatic rings. The summed E-state index contributed by atoms with van der Waals surface area (Å²) >= 11 is 6.01. The molecule has 6 nitrogen and oxygen atoms in total. The van der Waals surface area contributed by atoms with E-state index in [1.807, 2.05) is 26.0 Å². The van der Waals surface area contributed by atoms with Crippen LogP contribution in [0.2, 0.25) is 5.02 Å². The molecule has 1 saturated heterocycles. The molecule has 0 bridgehead atoms. The monoisotopic (exact) mass is 348 g/mol. The van der Waals surface area contributed by atoms with Gasteiger partial charge in [-0.15, -0.1) is 0 Å². The number of amides is 2. The topological polar surface area (TPSA) is 71.3 Å². The Kier molecular flexibility index (Phi) is 5.04. The molecule has 0 unspecified atom stereocenters. The Labute approximate surface area is 146 Å². The van der Waals surface area contributed by atoms with Crippen LogP contribution in [0.15, 0.2) is 28.8 Å². The second-order valence-corrected chi connectivity index (χ2v) is 6.51. The molecule has 1 aliphatic heterocycles. The zero-order valence-corrected chi connectivity index (χ0v) is 14.6. The molecule has 128 valence electrons. The Bertz CT molecular complexity index is 718. The van der Waals surface area contributed by atoms with E-state index in [1.165, 1.54) is 0 Å². The molecular weight excluding hydrogens is 328 g/mol. The summed E-state index contributed by atoms with van der Waals surface area (Å²) in [5.41, 5.74) is 0.797. The van der Waals surface area contributed by atoms with Gasteiger partial charge in [-0.1, -0.05) is 35.8 Å². The van der Waals surface area contributed by atoms with Crippen molar-refractivity contribution >= 4 is 17.6 Å².